The van der Waals surface area contributed by atoms with E-state index in [1.165, 1.54) is 18.5 Å². The van der Waals surface area contributed by atoms with Crippen LogP contribution in [0, 0.1) is 13.8 Å². The Kier molecular flexibility index (Phi) is 6.27. The van der Waals surface area contributed by atoms with E-state index in [1.807, 2.05) is 26.0 Å². The van der Waals surface area contributed by atoms with E-state index in [4.69, 9.17) is 16.3 Å². The number of nitrogens with one attached hydrogen (secondary N) is 1. The highest BCUT2D eigenvalue weighted by atomic mass is 35.5. The molecule has 0 aromatic heterocycles. The first-order chi connectivity index (χ1) is 12.9. The van der Waals surface area contributed by atoms with Crippen molar-refractivity contribution in [3.63, 3.8) is 0 Å². The molecule has 144 valence electrons. The van der Waals surface area contributed by atoms with E-state index >= 15 is 0 Å². The molecule has 0 bridgehead atoms. The lowest BCUT2D eigenvalue weighted by molar-refractivity contribution is -0.127. The molecule has 0 spiro atoms. The molecule has 0 radical (unpaired) electrons. The molecule has 1 fully saturated rings. The summed E-state index contributed by atoms with van der Waals surface area (Å²) < 4.78 is 5.79. The lowest BCUT2D eigenvalue weighted by atomic mass is 10.1. The second kappa shape index (κ2) is 8.66. The highest BCUT2D eigenvalue weighted by Gasteiger charge is 2.16. The molecule has 1 aliphatic rings. The third-order valence-electron chi connectivity index (χ3n) is 4.97. The fraction of sp³-hybridized carbons (Fsp3) is 0.409. The van der Waals surface area contributed by atoms with Gasteiger partial charge in [-0.05, 0) is 74.6 Å². The second-order valence-electron chi connectivity index (χ2n) is 7.21. The number of anilines is 1. The zero-order valence-corrected chi connectivity index (χ0v) is 17.0. The Hall–Kier alpha value is -2.20. The van der Waals surface area contributed by atoms with Gasteiger partial charge in [-0.1, -0.05) is 23.7 Å². The van der Waals surface area contributed by atoms with Crippen molar-refractivity contribution in [2.24, 2.45) is 0 Å². The second-order valence-corrected chi connectivity index (χ2v) is 7.59. The minimum atomic E-state index is -0.575. The molecule has 1 atom stereocenters. The van der Waals surface area contributed by atoms with Crippen LogP contribution >= 0.6 is 11.6 Å². The zero-order chi connectivity index (χ0) is 19.4. The smallest absolute Gasteiger partial charge is 0.261 e. The van der Waals surface area contributed by atoms with Gasteiger partial charge in [0.15, 0.2) is 6.10 Å². The Balaban J connectivity index is 1.52. The predicted octanol–water partition coefficient (Wildman–Crippen LogP) is 4.64. The fourth-order valence-electron chi connectivity index (χ4n) is 3.36. The summed E-state index contributed by atoms with van der Waals surface area (Å²) in [5, 5.41) is 3.68. The van der Waals surface area contributed by atoms with Crippen LogP contribution in [-0.4, -0.2) is 25.1 Å². The van der Waals surface area contributed by atoms with Gasteiger partial charge >= 0.3 is 0 Å². The van der Waals surface area contributed by atoms with Crippen LogP contribution < -0.4 is 15.0 Å². The van der Waals surface area contributed by atoms with Crippen LogP contribution in [0.2, 0.25) is 5.02 Å². The maximum Gasteiger partial charge on any atom is 0.261 e. The van der Waals surface area contributed by atoms with Gasteiger partial charge in [0, 0.05) is 30.3 Å². The van der Waals surface area contributed by atoms with E-state index in [2.05, 4.69) is 34.5 Å². The first-order valence-electron chi connectivity index (χ1n) is 9.49. The molecule has 2 aromatic carbocycles. The van der Waals surface area contributed by atoms with E-state index in [0.29, 0.717) is 12.3 Å². The third-order valence-corrected chi connectivity index (χ3v) is 5.56. The molecule has 1 aliphatic heterocycles. The van der Waals surface area contributed by atoms with Gasteiger partial charge in [-0.15, -0.1) is 0 Å². The Morgan fingerprint density at radius 2 is 1.74 bits per heavy atom. The molecule has 1 amide bonds. The molecule has 0 aliphatic carbocycles. The van der Waals surface area contributed by atoms with E-state index in [9.17, 15) is 4.79 Å². The first-order valence-corrected chi connectivity index (χ1v) is 9.87. The highest BCUT2D eigenvalue weighted by Crippen LogP contribution is 2.26. The number of rotatable bonds is 6. The molecule has 0 saturated carbocycles. The molecular formula is C22H27ClN2O2. The first kappa shape index (κ1) is 19.6. The number of ether oxygens (including phenoxy) is 1. The van der Waals surface area contributed by atoms with Crippen molar-refractivity contribution in [2.45, 2.75) is 46.3 Å². The number of benzene rings is 2. The van der Waals surface area contributed by atoms with E-state index in [-0.39, 0.29) is 5.91 Å². The summed E-state index contributed by atoms with van der Waals surface area (Å²) in [7, 11) is 0. The minimum Gasteiger partial charge on any atom is -0.481 e. The molecule has 1 heterocycles. The van der Waals surface area contributed by atoms with Crippen LogP contribution in [0.5, 0.6) is 5.75 Å². The van der Waals surface area contributed by atoms with Gasteiger partial charge < -0.3 is 15.0 Å². The van der Waals surface area contributed by atoms with Gasteiger partial charge in [0.2, 0.25) is 0 Å². The summed E-state index contributed by atoms with van der Waals surface area (Å²) in [6, 6.07) is 12.1. The van der Waals surface area contributed by atoms with Crippen molar-refractivity contribution in [1.29, 1.82) is 0 Å². The number of carbonyl (C=O) groups excluding carboxylic acids is 1. The van der Waals surface area contributed by atoms with Crippen molar-refractivity contribution in [3.05, 3.63) is 58.1 Å². The molecule has 4 nitrogen and oxygen atoms in total. The van der Waals surface area contributed by atoms with E-state index in [1.54, 1.807) is 6.92 Å². The SMILES string of the molecule is Cc1cc(O[C@@H](C)C(=O)NCc2ccc(N3CCCC3)cc2)cc(C)c1Cl. The zero-order valence-electron chi connectivity index (χ0n) is 16.2. The van der Waals surface area contributed by atoms with Crippen molar-refractivity contribution >= 4 is 23.2 Å². The van der Waals surface area contributed by atoms with Gasteiger partial charge in [-0.2, -0.15) is 0 Å². The molecule has 0 unspecified atom stereocenters. The number of hydrogen-bond donors (Lipinski definition) is 1. The summed E-state index contributed by atoms with van der Waals surface area (Å²) in [6.45, 7) is 8.37. The van der Waals surface area contributed by atoms with Gasteiger partial charge in [-0.3, -0.25) is 4.79 Å². The quantitative estimate of drug-likeness (QED) is 0.786. The Morgan fingerprint density at radius 3 is 2.33 bits per heavy atom. The number of amides is 1. The Bertz CT molecular complexity index is 775. The monoisotopic (exact) mass is 386 g/mol. The summed E-state index contributed by atoms with van der Waals surface area (Å²) in [4.78, 5) is 14.8. The maximum absolute atomic E-state index is 12.4. The summed E-state index contributed by atoms with van der Waals surface area (Å²) in [5.41, 5.74) is 4.22. The van der Waals surface area contributed by atoms with E-state index < -0.39 is 6.10 Å². The van der Waals surface area contributed by atoms with E-state index in [0.717, 1.165) is 34.8 Å². The number of hydrogen-bond acceptors (Lipinski definition) is 3. The molecule has 5 heteroatoms. The number of carbonyl (C=O) groups is 1. The largest absolute Gasteiger partial charge is 0.481 e. The van der Waals surface area contributed by atoms with Crippen LogP contribution in [0.3, 0.4) is 0 Å². The van der Waals surface area contributed by atoms with Crippen molar-refractivity contribution < 1.29 is 9.53 Å². The van der Waals surface area contributed by atoms with Gasteiger partial charge in [0.1, 0.15) is 5.75 Å². The Morgan fingerprint density at radius 1 is 1.15 bits per heavy atom. The molecule has 2 aromatic rings. The van der Waals surface area contributed by atoms with Gasteiger partial charge in [0.25, 0.3) is 5.91 Å². The standard InChI is InChI=1S/C22H27ClN2O2/c1-15-12-20(13-16(2)21(15)23)27-17(3)22(26)24-14-18-6-8-19(9-7-18)25-10-4-5-11-25/h6-9,12-13,17H,4-5,10-11,14H2,1-3H3,(H,24,26)/t17-/m0/s1. The normalized spacial score (nSPS) is 14.9. The van der Waals surface area contributed by atoms with Gasteiger partial charge in [-0.25, -0.2) is 0 Å². The lowest BCUT2D eigenvalue weighted by Crippen LogP contribution is -2.35. The van der Waals surface area contributed by atoms with Crippen molar-refractivity contribution in [2.75, 3.05) is 18.0 Å². The Labute approximate surface area is 166 Å². The van der Waals surface area contributed by atoms with Gasteiger partial charge in [0.05, 0.1) is 0 Å². The minimum absolute atomic E-state index is 0.135. The topological polar surface area (TPSA) is 41.6 Å². The number of aryl methyl sites for hydroxylation is 2. The highest BCUT2D eigenvalue weighted by molar-refractivity contribution is 6.32. The van der Waals surface area contributed by atoms with Crippen LogP contribution in [0.25, 0.3) is 0 Å². The lowest BCUT2D eigenvalue weighted by Gasteiger charge is -2.18. The van der Waals surface area contributed by atoms with Crippen LogP contribution in [0.15, 0.2) is 36.4 Å². The third kappa shape index (κ3) is 4.95. The molecule has 27 heavy (non-hydrogen) atoms. The molecule has 1 saturated heterocycles. The summed E-state index contributed by atoms with van der Waals surface area (Å²) in [6.07, 6.45) is 1.96. The van der Waals surface area contributed by atoms with Crippen molar-refractivity contribution in [3.8, 4) is 5.75 Å². The van der Waals surface area contributed by atoms with Crippen LogP contribution in [0.1, 0.15) is 36.5 Å². The fourth-order valence-corrected chi connectivity index (χ4v) is 3.47. The summed E-state index contributed by atoms with van der Waals surface area (Å²) >= 11 is 6.18. The summed E-state index contributed by atoms with van der Waals surface area (Å²) in [5.74, 6) is 0.524. The number of halogens is 1. The number of nitrogens with zero attached hydrogens (tertiary/aromatic N) is 1. The maximum atomic E-state index is 12.4. The molecular weight excluding hydrogens is 360 g/mol. The predicted molar refractivity (Wildman–Crippen MR) is 111 cm³/mol. The molecule has 3 rings (SSSR count). The van der Waals surface area contributed by atoms with Crippen LogP contribution in [0.4, 0.5) is 5.69 Å². The average molecular weight is 387 g/mol. The molecule has 1 N–H and O–H groups in total. The van der Waals surface area contributed by atoms with Crippen LogP contribution in [-0.2, 0) is 11.3 Å². The van der Waals surface area contributed by atoms with Crippen molar-refractivity contribution in [1.82, 2.24) is 5.32 Å². The average Bonchev–Trinajstić information content (AvgIpc) is 3.19.